The summed E-state index contributed by atoms with van der Waals surface area (Å²) in [6.45, 7) is 0. The first kappa shape index (κ1) is 13.5. The lowest BCUT2D eigenvalue weighted by molar-refractivity contribution is -0.182. The quantitative estimate of drug-likeness (QED) is 0.477. The minimum absolute atomic E-state index is 0.338. The van der Waals surface area contributed by atoms with E-state index in [0.29, 0.717) is 5.56 Å². The molecule has 0 aromatic heterocycles. The van der Waals surface area contributed by atoms with Crippen LogP contribution in [0.5, 0.6) is 0 Å². The Kier molecular flexibility index (Phi) is 7.61. The maximum Gasteiger partial charge on any atom is 0.372 e. The Balaban J connectivity index is 0.000000364. The van der Waals surface area contributed by atoms with Gasteiger partial charge in [0.2, 0.25) is 0 Å². The summed E-state index contributed by atoms with van der Waals surface area (Å²) < 4.78 is -0.750. The molecule has 0 fully saturated rings. The van der Waals surface area contributed by atoms with E-state index in [-0.39, 0.29) is 0 Å². The second-order valence-electron chi connectivity index (χ2n) is 1.99. The van der Waals surface area contributed by atoms with E-state index in [1.807, 2.05) is 0 Å². The number of alkyl halides is 3. The summed E-state index contributed by atoms with van der Waals surface area (Å²) in [7, 11) is 0. The van der Waals surface area contributed by atoms with Crippen molar-refractivity contribution in [1.82, 2.24) is 0 Å². The molecule has 0 bridgehead atoms. The number of benzene rings is 1. The van der Waals surface area contributed by atoms with E-state index in [0.717, 1.165) is 0 Å². The van der Waals surface area contributed by atoms with Gasteiger partial charge in [-0.3, -0.25) is 4.89 Å². The smallest absolute Gasteiger partial charge is 0.296 e. The molecule has 0 amide bonds. The van der Waals surface area contributed by atoms with Crippen molar-refractivity contribution in [2.45, 2.75) is 4.30 Å². The zero-order chi connectivity index (χ0) is 11.0. The molecule has 1 N–H and O–H groups in total. The maximum atomic E-state index is 10.5. The normalized spacial score (nSPS) is 8.93. The topological polar surface area (TPSA) is 46.5 Å². The molecule has 0 atom stereocenters. The molecule has 1 aromatic carbocycles. The van der Waals surface area contributed by atoms with E-state index in [2.05, 4.69) is 4.89 Å². The molecule has 1 aromatic rings. The lowest BCUT2D eigenvalue weighted by Gasteiger charge is -1.92. The van der Waals surface area contributed by atoms with Crippen molar-refractivity contribution in [3.8, 4) is 0 Å². The van der Waals surface area contributed by atoms with Gasteiger partial charge in [0.25, 0.3) is 0 Å². The second-order valence-corrected chi connectivity index (χ2v) is 3.97. The van der Waals surface area contributed by atoms with Gasteiger partial charge in [-0.15, -0.1) is 0 Å². The van der Waals surface area contributed by atoms with Gasteiger partial charge in [-0.25, -0.2) is 4.79 Å². The number of hydrogen-bond donors (Lipinski definition) is 1. The molecule has 0 saturated heterocycles. The fourth-order valence-electron chi connectivity index (χ4n) is 0.627. The van der Waals surface area contributed by atoms with Crippen molar-refractivity contribution < 1.29 is 14.9 Å². The maximum absolute atomic E-state index is 10.5. The van der Waals surface area contributed by atoms with Crippen molar-refractivity contribution in [1.29, 1.82) is 0 Å². The van der Waals surface area contributed by atoms with Crippen LogP contribution >= 0.6 is 34.8 Å². The van der Waals surface area contributed by atoms with Gasteiger partial charge in [0, 0.05) is 0 Å². The fourth-order valence-corrected chi connectivity index (χ4v) is 0.627. The minimum atomic E-state index is -0.750. The van der Waals surface area contributed by atoms with Crippen molar-refractivity contribution in [2.24, 2.45) is 0 Å². The van der Waals surface area contributed by atoms with E-state index in [1.54, 1.807) is 30.3 Å². The second kappa shape index (κ2) is 7.88. The standard InChI is InChI=1S/C7H6O3.CHCl3/c8-7(10-9)6-4-2-1-3-5-6;2-1(3)4/h1-5,9H;1H. The molecule has 0 aliphatic heterocycles. The summed E-state index contributed by atoms with van der Waals surface area (Å²) in [5, 5.41) is 7.94. The van der Waals surface area contributed by atoms with Gasteiger partial charge >= 0.3 is 5.97 Å². The van der Waals surface area contributed by atoms with Crippen molar-refractivity contribution in [3.05, 3.63) is 35.9 Å². The molecule has 14 heavy (non-hydrogen) atoms. The van der Waals surface area contributed by atoms with E-state index < -0.39 is 10.3 Å². The van der Waals surface area contributed by atoms with E-state index in [9.17, 15) is 4.79 Å². The SMILES string of the molecule is ClC(Cl)Cl.O=C(OO)c1ccccc1. The summed E-state index contributed by atoms with van der Waals surface area (Å²) >= 11 is 14.4. The van der Waals surface area contributed by atoms with Gasteiger partial charge in [-0.2, -0.15) is 5.26 Å². The third kappa shape index (κ3) is 6.97. The third-order valence-electron chi connectivity index (χ3n) is 1.09. The Hall–Kier alpha value is -0.480. The molecule has 0 unspecified atom stereocenters. The molecule has 0 aliphatic carbocycles. The molecule has 0 saturated carbocycles. The van der Waals surface area contributed by atoms with Crippen LogP contribution in [-0.4, -0.2) is 15.5 Å². The van der Waals surface area contributed by atoms with E-state index >= 15 is 0 Å². The fraction of sp³-hybridized carbons (Fsp3) is 0.125. The lowest BCUT2D eigenvalue weighted by atomic mass is 10.2. The first-order valence-electron chi connectivity index (χ1n) is 3.41. The van der Waals surface area contributed by atoms with Crippen molar-refractivity contribution in [2.75, 3.05) is 0 Å². The van der Waals surface area contributed by atoms with Gasteiger partial charge in [0.05, 0.1) is 5.56 Å². The Bertz CT molecular complexity index is 261. The predicted octanol–water partition coefficient (Wildman–Crippen LogP) is 3.30. The molecule has 1 rings (SSSR count). The van der Waals surface area contributed by atoms with Crippen LogP contribution < -0.4 is 0 Å². The van der Waals surface area contributed by atoms with Crippen LogP contribution in [0, 0.1) is 0 Å². The Morgan fingerprint density at radius 2 is 1.64 bits per heavy atom. The van der Waals surface area contributed by atoms with Crippen LogP contribution in [0.1, 0.15) is 10.4 Å². The molecular weight excluding hydrogens is 250 g/mol. The number of carbonyl (C=O) groups excluding carboxylic acids is 1. The number of halogens is 3. The van der Waals surface area contributed by atoms with Crippen LogP contribution in [0.2, 0.25) is 0 Å². The molecule has 0 radical (unpaired) electrons. The molecule has 3 nitrogen and oxygen atoms in total. The highest BCUT2D eigenvalue weighted by Gasteiger charge is 2.02. The van der Waals surface area contributed by atoms with Gasteiger partial charge in [-0.05, 0) is 12.1 Å². The monoisotopic (exact) mass is 256 g/mol. The zero-order valence-electron chi connectivity index (χ0n) is 6.86. The van der Waals surface area contributed by atoms with Crippen LogP contribution in [0.25, 0.3) is 0 Å². The molecule has 6 heteroatoms. The minimum Gasteiger partial charge on any atom is -0.296 e. The number of rotatable bonds is 1. The Morgan fingerprint density at radius 3 is 2.00 bits per heavy atom. The Morgan fingerprint density at radius 1 is 1.21 bits per heavy atom. The van der Waals surface area contributed by atoms with Crippen LogP contribution in [-0.2, 0) is 4.89 Å². The third-order valence-corrected chi connectivity index (χ3v) is 1.09. The van der Waals surface area contributed by atoms with Gasteiger partial charge < -0.3 is 0 Å². The predicted molar refractivity (Wildman–Crippen MR) is 55.8 cm³/mol. The van der Waals surface area contributed by atoms with Crippen LogP contribution in [0.3, 0.4) is 0 Å². The molecule has 0 heterocycles. The summed E-state index contributed by atoms with van der Waals surface area (Å²) in [6.07, 6.45) is 0. The molecule has 0 spiro atoms. The summed E-state index contributed by atoms with van der Waals surface area (Å²) in [6, 6.07) is 8.25. The van der Waals surface area contributed by atoms with Crippen LogP contribution in [0.4, 0.5) is 0 Å². The highest BCUT2D eigenvalue weighted by Crippen LogP contribution is 2.03. The zero-order valence-corrected chi connectivity index (χ0v) is 9.13. The summed E-state index contributed by atoms with van der Waals surface area (Å²) in [5.74, 6) is -0.736. The van der Waals surface area contributed by atoms with Gasteiger partial charge in [0.15, 0.2) is 4.30 Å². The van der Waals surface area contributed by atoms with Crippen LogP contribution in [0.15, 0.2) is 30.3 Å². The first-order valence-corrected chi connectivity index (χ1v) is 4.72. The van der Waals surface area contributed by atoms with Gasteiger partial charge in [0.1, 0.15) is 0 Å². The van der Waals surface area contributed by atoms with E-state index in [4.69, 9.17) is 40.1 Å². The molecular formula is C8H7Cl3O3. The lowest BCUT2D eigenvalue weighted by Crippen LogP contribution is -2.00. The average molecular weight is 258 g/mol. The Labute approximate surface area is 96.1 Å². The summed E-state index contributed by atoms with van der Waals surface area (Å²) in [5.41, 5.74) is 0.338. The van der Waals surface area contributed by atoms with Crippen molar-refractivity contribution in [3.63, 3.8) is 0 Å². The average Bonchev–Trinajstić information content (AvgIpc) is 2.17. The van der Waals surface area contributed by atoms with E-state index in [1.165, 1.54) is 0 Å². The van der Waals surface area contributed by atoms with Gasteiger partial charge in [-0.1, -0.05) is 53.0 Å². The molecule has 78 valence electrons. The number of carbonyl (C=O) groups is 1. The van der Waals surface area contributed by atoms with Crippen molar-refractivity contribution >= 4 is 40.8 Å². The highest BCUT2D eigenvalue weighted by molar-refractivity contribution is 6.63. The highest BCUT2D eigenvalue weighted by atomic mass is 35.6. The molecule has 0 aliphatic rings. The number of hydrogen-bond acceptors (Lipinski definition) is 3. The largest absolute Gasteiger partial charge is 0.372 e. The summed E-state index contributed by atoms with van der Waals surface area (Å²) in [4.78, 5) is 14.0. The first-order chi connectivity index (χ1) is 6.57.